The standard InChI is InChI=1S/C28H27F3N2O4/c1-18(19-3-5-20(6-4-19)24-12-11-23(30)17-25(24)31)33-16-14-28(37-27(33)35,13-15-32-26(34)36-2)21-7-9-22(29)10-8-21/h3-12,17-18H,13-16H2,1-2H3,(H,32,34)/t18-,28+/m0/s1. The van der Waals surface area contributed by atoms with Crippen molar-refractivity contribution in [1.29, 1.82) is 0 Å². The molecule has 37 heavy (non-hydrogen) atoms. The average molecular weight is 513 g/mol. The van der Waals surface area contributed by atoms with Crippen molar-refractivity contribution in [1.82, 2.24) is 10.2 Å². The fourth-order valence-corrected chi connectivity index (χ4v) is 4.58. The molecule has 3 aromatic carbocycles. The highest BCUT2D eigenvalue weighted by molar-refractivity contribution is 5.71. The van der Waals surface area contributed by atoms with E-state index in [4.69, 9.17) is 4.74 Å². The lowest BCUT2D eigenvalue weighted by Crippen LogP contribution is -2.49. The highest BCUT2D eigenvalue weighted by atomic mass is 19.1. The molecule has 0 radical (unpaired) electrons. The molecule has 194 valence electrons. The van der Waals surface area contributed by atoms with E-state index in [-0.39, 0.29) is 24.6 Å². The third-order valence-electron chi connectivity index (χ3n) is 6.73. The van der Waals surface area contributed by atoms with Gasteiger partial charge < -0.3 is 19.7 Å². The quantitative estimate of drug-likeness (QED) is 0.403. The second kappa shape index (κ2) is 10.9. The van der Waals surface area contributed by atoms with Crippen LogP contribution >= 0.6 is 0 Å². The second-order valence-electron chi connectivity index (χ2n) is 8.90. The molecular formula is C28H27F3N2O4. The molecule has 2 amide bonds. The van der Waals surface area contributed by atoms with E-state index in [1.54, 1.807) is 41.3 Å². The molecule has 3 aromatic rings. The first-order valence-electron chi connectivity index (χ1n) is 11.9. The van der Waals surface area contributed by atoms with E-state index in [0.717, 1.165) is 11.6 Å². The summed E-state index contributed by atoms with van der Waals surface area (Å²) >= 11 is 0. The summed E-state index contributed by atoms with van der Waals surface area (Å²) in [4.78, 5) is 26.3. The number of hydrogen-bond acceptors (Lipinski definition) is 4. The molecule has 0 unspecified atom stereocenters. The molecule has 0 bridgehead atoms. The van der Waals surface area contributed by atoms with E-state index in [0.29, 0.717) is 24.1 Å². The molecule has 2 atom stereocenters. The molecule has 1 aliphatic heterocycles. The number of methoxy groups -OCH3 is 1. The SMILES string of the molecule is COC(=O)NCC[C@]1(c2ccc(F)cc2)CCN([C@@H](C)c2ccc(-c3ccc(F)cc3F)cc2)C(=O)O1. The van der Waals surface area contributed by atoms with Gasteiger partial charge in [0.25, 0.3) is 0 Å². The van der Waals surface area contributed by atoms with Crippen LogP contribution in [-0.2, 0) is 15.1 Å². The fourth-order valence-electron chi connectivity index (χ4n) is 4.58. The van der Waals surface area contributed by atoms with Gasteiger partial charge in [0.15, 0.2) is 0 Å². The minimum Gasteiger partial charge on any atom is -0.453 e. The molecule has 1 saturated heterocycles. The van der Waals surface area contributed by atoms with Crippen molar-refractivity contribution in [2.24, 2.45) is 0 Å². The van der Waals surface area contributed by atoms with Crippen LogP contribution in [0.2, 0.25) is 0 Å². The van der Waals surface area contributed by atoms with Crippen molar-refractivity contribution >= 4 is 12.2 Å². The molecule has 1 N–H and O–H groups in total. The zero-order valence-corrected chi connectivity index (χ0v) is 20.5. The summed E-state index contributed by atoms with van der Waals surface area (Å²) in [6, 6.07) is 15.9. The smallest absolute Gasteiger partial charge is 0.411 e. The number of alkyl carbamates (subject to hydrolysis) is 1. The number of rotatable bonds is 7. The lowest BCUT2D eigenvalue weighted by atomic mass is 9.85. The van der Waals surface area contributed by atoms with Crippen LogP contribution in [0.3, 0.4) is 0 Å². The molecule has 9 heteroatoms. The van der Waals surface area contributed by atoms with Crippen LogP contribution < -0.4 is 5.32 Å². The van der Waals surface area contributed by atoms with E-state index in [9.17, 15) is 22.8 Å². The number of carbonyl (C=O) groups is 2. The first kappa shape index (κ1) is 26.1. The Labute approximate surface area is 213 Å². The molecule has 0 aromatic heterocycles. The number of ether oxygens (including phenoxy) is 2. The molecule has 0 spiro atoms. The molecule has 6 nitrogen and oxygen atoms in total. The molecule has 1 aliphatic rings. The largest absolute Gasteiger partial charge is 0.453 e. The zero-order valence-electron chi connectivity index (χ0n) is 20.5. The van der Waals surface area contributed by atoms with Crippen molar-refractivity contribution < 1.29 is 32.2 Å². The third-order valence-corrected chi connectivity index (χ3v) is 6.73. The normalized spacial score (nSPS) is 18.2. The van der Waals surface area contributed by atoms with Gasteiger partial charge in [0, 0.05) is 37.6 Å². The van der Waals surface area contributed by atoms with E-state index >= 15 is 0 Å². The maximum Gasteiger partial charge on any atom is 0.411 e. The summed E-state index contributed by atoms with van der Waals surface area (Å²) in [5, 5.41) is 2.60. The van der Waals surface area contributed by atoms with E-state index in [2.05, 4.69) is 10.1 Å². The average Bonchev–Trinajstić information content (AvgIpc) is 2.89. The highest BCUT2D eigenvalue weighted by Crippen LogP contribution is 2.39. The number of hydrogen-bond donors (Lipinski definition) is 1. The Balaban J connectivity index is 1.51. The topological polar surface area (TPSA) is 67.9 Å². The highest BCUT2D eigenvalue weighted by Gasteiger charge is 2.43. The van der Waals surface area contributed by atoms with Crippen molar-refractivity contribution in [2.45, 2.75) is 31.4 Å². The number of cyclic esters (lactones) is 1. The Hall–Kier alpha value is -4.01. The number of carbonyl (C=O) groups excluding carboxylic acids is 2. The molecule has 4 rings (SSSR count). The summed E-state index contributed by atoms with van der Waals surface area (Å²) in [5.41, 5.74) is 1.26. The van der Waals surface area contributed by atoms with Crippen molar-refractivity contribution in [3.63, 3.8) is 0 Å². The van der Waals surface area contributed by atoms with E-state index in [1.807, 2.05) is 6.92 Å². The van der Waals surface area contributed by atoms with Crippen LogP contribution in [0.5, 0.6) is 0 Å². The Morgan fingerprint density at radius 1 is 1.05 bits per heavy atom. The van der Waals surface area contributed by atoms with Crippen LogP contribution in [0.4, 0.5) is 22.8 Å². The Morgan fingerprint density at radius 2 is 1.73 bits per heavy atom. The first-order chi connectivity index (χ1) is 17.7. The summed E-state index contributed by atoms with van der Waals surface area (Å²) in [5.74, 6) is -1.71. The Morgan fingerprint density at radius 3 is 2.35 bits per heavy atom. The van der Waals surface area contributed by atoms with E-state index in [1.165, 1.54) is 31.4 Å². The fraction of sp³-hybridized carbons (Fsp3) is 0.286. The maximum atomic E-state index is 14.2. The predicted molar refractivity (Wildman–Crippen MR) is 131 cm³/mol. The monoisotopic (exact) mass is 512 g/mol. The van der Waals surface area contributed by atoms with Crippen molar-refractivity contribution in [3.8, 4) is 11.1 Å². The minimum absolute atomic E-state index is 0.189. The van der Waals surface area contributed by atoms with Gasteiger partial charge in [0.05, 0.1) is 13.2 Å². The summed E-state index contributed by atoms with van der Waals surface area (Å²) < 4.78 is 51.6. The van der Waals surface area contributed by atoms with Gasteiger partial charge >= 0.3 is 12.2 Å². The first-order valence-corrected chi connectivity index (χ1v) is 11.9. The minimum atomic E-state index is -1.05. The third kappa shape index (κ3) is 5.71. The number of benzene rings is 3. The molecule has 0 aliphatic carbocycles. The van der Waals surface area contributed by atoms with Crippen LogP contribution in [0, 0.1) is 17.5 Å². The summed E-state index contributed by atoms with van der Waals surface area (Å²) in [6.45, 7) is 2.40. The lowest BCUT2D eigenvalue weighted by Gasteiger charge is -2.43. The molecular weight excluding hydrogens is 485 g/mol. The molecule has 0 saturated carbocycles. The Kier molecular flexibility index (Phi) is 7.71. The molecule has 1 fully saturated rings. The van der Waals surface area contributed by atoms with Crippen LogP contribution in [0.15, 0.2) is 66.7 Å². The number of nitrogens with zero attached hydrogens (tertiary/aromatic N) is 1. The van der Waals surface area contributed by atoms with E-state index < -0.39 is 35.2 Å². The number of halogens is 3. The Bertz CT molecular complexity index is 1270. The van der Waals surface area contributed by atoms with Gasteiger partial charge in [-0.15, -0.1) is 0 Å². The summed E-state index contributed by atoms with van der Waals surface area (Å²) in [6.07, 6.45) is -0.457. The van der Waals surface area contributed by atoms with Gasteiger partial charge in [-0.05, 0) is 47.9 Å². The van der Waals surface area contributed by atoms with Crippen molar-refractivity contribution in [2.75, 3.05) is 20.2 Å². The van der Waals surface area contributed by atoms with Gasteiger partial charge in [-0.2, -0.15) is 0 Å². The van der Waals surface area contributed by atoms with Crippen LogP contribution in [0.25, 0.3) is 11.1 Å². The predicted octanol–water partition coefficient (Wildman–Crippen LogP) is 6.32. The van der Waals surface area contributed by atoms with Gasteiger partial charge in [-0.25, -0.2) is 22.8 Å². The summed E-state index contributed by atoms with van der Waals surface area (Å²) in [7, 11) is 1.26. The molecule has 1 heterocycles. The number of nitrogens with one attached hydrogen (secondary N) is 1. The second-order valence-corrected chi connectivity index (χ2v) is 8.90. The van der Waals surface area contributed by atoms with Gasteiger partial charge in [-0.1, -0.05) is 36.4 Å². The van der Waals surface area contributed by atoms with Crippen LogP contribution in [0.1, 0.15) is 36.9 Å². The maximum absolute atomic E-state index is 14.2. The number of amides is 2. The van der Waals surface area contributed by atoms with Gasteiger partial charge in [-0.3, -0.25) is 0 Å². The van der Waals surface area contributed by atoms with Crippen molar-refractivity contribution in [3.05, 3.63) is 95.3 Å². The van der Waals surface area contributed by atoms with Crippen LogP contribution in [-0.4, -0.2) is 37.3 Å². The zero-order chi connectivity index (χ0) is 26.6. The lowest BCUT2D eigenvalue weighted by molar-refractivity contribution is -0.0648. The van der Waals surface area contributed by atoms with Gasteiger partial charge in [0.2, 0.25) is 0 Å². The van der Waals surface area contributed by atoms with Gasteiger partial charge in [0.1, 0.15) is 23.1 Å².